The average molecular weight is 698 g/mol. The maximum atomic E-state index is 13.0. The van der Waals surface area contributed by atoms with Crippen molar-refractivity contribution < 1.29 is 43.7 Å². The van der Waals surface area contributed by atoms with Gasteiger partial charge in [-0.2, -0.15) is 0 Å². The largest absolute Gasteiger partial charge is 0.514 e. The number of carbonyl (C=O) groups excluding carboxylic acids is 2. The zero-order valence-corrected chi connectivity index (χ0v) is 30.8. The number of carbonyl (C=O) groups is 2. The van der Waals surface area contributed by atoms with E-state index < -0.39 is 47.1 Å². The predicted octanol–water partition coefficient (Wildman–Crippen LogP) is 6.99. The molecule has 276 valence electrons. The molecular weight excluding hydrogens is 642 g/mol. The number of hydrogen-bond donors (Lipinski definition) is 2. The van der Waals surface area contributed by atoms with Crippen LogP contribution in [-0.4, -0.2) is 63.4 Å². The van der Waals surface area contributed by atoms with Crippen LogP contribution in [0.15, 0.2) is 24.3 Å². The molecule has 2 N–H and O–H groups in total. The van der Waals surface area contributed by atoms with Crippen LogP contribution in [0.1, 0.15) is 107 Å². The molecular formula is C39H55NO10. The molecule has 1 saturated heterocycles. The van der Waals surface area contributed by atoms with E-state index >= 15 is 0 Å². The zero-order chi connectivity index (χ0) is 36.4. The van der Waals surface area contributed by atoms with Crippen LogP contribution in [0, 0.1) is 60.9 Å². The summed E-state index contributed by atoms with van der Waals surface area (Å²) in [7, 11) is 0. The Morgan fingerprint density at radius 1 is 1.02 bits per heavy atom. The molecule has 1 heterocycles. The van der Waals surface area contributed by atoms with Crippen LogP contribution in [0.5, 0.6) is 5.75 Å². The first-order chi connectivity index (χ1) is 23.2. The van der Waals surface area contributed by atoms with E-state index in [-0.39, 0.29) is 56.5 Å². The summed E-state index contributed by atoms with van der Waals surface area (Å²) in [5.74, 6) is 0.757. The van der Waals surface area contributed by atoms with Crippen LogP contribution < -0.4 is 4.74 Å². The first-order valence-corrected chi connectivity index (χ1v) is 18.6. The zero-order valence-electron chi connectivity index (χ0n) is 30.8. The molecule has 6 unspecified atom stereocenters. The molecule has 5 saturated carbocycles. The highest BCUT2D eigenvalue weighted by molar-refractivity contribution is 5.66. The summed E-state index contributed by atoms with van der Waals surface area (Å²) in [5, 5.41) is 34.5. The van der Waals surface area contributed by atoms with Gasteiger partial charge >= 0.3 is 12.1 Å². The summed E-state index contributed by atoms with van der Waals surface area (Å²) < 4.78 is 23.9. The molecule has 5 aliphatic carbocycles. The van der Waals surface area contributed by atoms with Crippen LogP contribution in [0.25, 0.3) is 0 Å². The van der Waals surface area contributed by atoms with Crippen molar-refractivity contribution in [2.45, 2.75) is 143 Å². The summed E-state index contributed by atoms with van der Waals surface area (Å²) in [6, 6.07) is 5.40. The lowest BCUT2D eigenvalue weighted by Gasteiger charge is -2.63. The van der Waals surface area contributed by atoms with Gasteiger partial charge in [0.05, 0.1) is 28.8 Å². The van der Waals surface area contributed by atoms with Gasteiger partial charge in [-0.25, -0.2) is 4.79 Å². The van der Waals surface area contributed by atoms with E-state index in [2.05, 4.69) is 34.6 Å². The van der Waals surface area contributed by atoms with Gasteiger partial charge in [-0.1, -0.05) is 34.6 Å². The minimum absolute atomic E-state index is 0.0796. The molecule has 2 spiro atoms. The van der Waals surface area contributed by atoms with Gasteiger partial charge in [-0.3, -0.25) is 14.9 Å². The Labute approximate surface area is 294 Å². The number of nitro groups is 1. The summed E-state index contributed by atoms with van der Waals surface area (Å²) in [5.41, 5.74) is -1.96. The Morgan fingerprint density at radius 3 is 2.28 bits per heavy atom. The van der Waals surface area contributed by atoms with Gasteiger partial charge in [0.1, 0.15) is 11.9 Å². The molecule has 0 radical (unpaired) electrons. The van der Waals surface area contributed by atoms with Crippen LogP contribution in [0.4, 0.5) is 10.5 Å². The van der Waals surface area contributed by atoms with Gasteiger partial charge in [0.2, 0.25) is 0 Å². The molecule has 1 aromatic rings. The van der Waals surface area contributed by atoms with E-state index in [0.717, 1.165) is 44.9 Å². The Kier molecular flexibility index (Phi) is 8.10. The van der Waals surface area contributed by atoms with Gasteiger partial charge in [-0.05, 0) is 117 Å². The molecule has 6 fully saturated rings. The molecule has 0 bridgehead atoms. The van der Waals surface area contributed by atoms with E-state index in [0.29, 0.717) is 18.3 Å². The standard InChI is InChI=1S/C39H55NO10/c1-21-19-25(32(35(5,6)44)47-22(2)41)49-30-29(21)36(7)17-18-39-20-38(39)16-15-28(50-33(43)48-24-11-9-23(10-12-24)40(45)46)34(3,4)26(38)13-14-27(39)37(36,8)31(30)42/h9-12,21,25-32,42,44H,13-20H2,1-8H3/t21-,25?,26?,27+,28+,29?,30?,31+,32+,36-,37?,38-,39?/m1/s1. The number of non-ortho nitro benzene ring substituents is 1. The van der Waals surface area contributed by atoms with Crippen LogP contribution in [0.2, 0.25) is 0 Å². The fourth-order valence-electron chi connectivity index (χ4n) is 13.4. The number of nitrogens with zero attached hydrogens (tertiary/aromatic N) is 1. The summed E-state index contributed by atoms with van der Waals surface area (Å²) in [6.07, 6.45) is 3.95. The topological polar surface area (TPSA) is 155 Å². The van der Waals surface area contributed by atoms with Crippen molar-refractivity contribution in [1.82, 2.24) is 0 Å². The summed E-state index contributed by atoms with van der Waals surface area (Å²) in [4.78, 5) is 35.5. The number of nitro benzene ring substituents is 1. The highest BCUT2D eigenvalue weighted by atomic mass is 16.7. The first-order valence-electron chi connectivity index (χ1n) is 18.6. The summed E-state index contributed by atoms with van der Waals surface area (Å²) in [6.45, 7) is 16.0. The molecule has 50 heavy (non-hydrogen) atoms. The highest BCUT2D eigenvalue weighted by Gasteiger charge is 2.85. The van der Waals surface area contributed by atoms with E-state index in [1.165, 1.54) is 31.2 Å². The second kappa shape index (κ2) is 11.4. The van der Waals surface area contributed by atoms with Crippen LogP contribution >= 0.6 is 0 Å². The highest BCUT2D eigenvalue weighted by Crippen LogP contribution is 2.89. The quantitative estimate of drug-likeness (QED) is 0.138. The third-order valence-corrected chi connectivity index (χ3v) is 15.6. The number of hydrogen-bond acceptors (Lipinski definition) is 10. The van der Waals surface area contributed by atoms with Crippen LogP contribution in [-0.2, 0) is 19.0 Å². The Bertz CT molecular complexity index is 1550. The fraction of sp³-hybridized carbons (Fsp3) is 0.795. The minimum atomic E-state index is -1.30. The SMILES string of the molecule is CC(=O)O[C@@H](C1C[C@@H](C)C2C(O1)[C@H](O)C1(C)[C@@H]3CCC4C(C)(C)[C@@H](OC(=O)Oc5ccc([N+](=O)[O-])cc5)CC[C@@]45CC35CC[C@]21C)C(C)(C)O. The third kappa shape index (κ3) is 4.84. The van der Waals surface area contributed by atoms with E-state index in [4.69, 9.17) is 18.9 Å². The Balaban J connectivity index is 1.10. The van der Waals surface area contributed by atoms with E-state index in [1.807, 2.05) is 0 Å². The van der Waals surface area contributed by atoms with E-state index in [9.17, 15) is 29.9 Å². The predicted molar refractivity (Wildman–Crippen MR) is 182 cm³/mol. The van der Waals surface area contributed by atoms with Crippen LogP contribution in [0.3, 0.4) is 0 Å². The van der Waals surface area contributed by atoms with E-state index in [1.54, 1.807) is 13.8 Å². The minimum Gasteiger partial charge on any atom is -0.457 e. The molecule has 11 heteroatoms. The molecule has 13 atom stereocenters. The van der Waals surface area contributed by atoms with Crippen molar-refractivity contribution in [3.63, 3.8) is 0 Å². The Hall–Kier alpha value is -2.76. The average Bonchev–Trinajstić information content (AvgIpc) is 3.65. The maximum Gasteiger partial charge on any atom is 0.514 e. The monoisotopic (exact) mass is 697 g/mol. The molecule has 7 rings (SSSR count). The first kappa shape index (κ1) is 35.6. The third-order valence-electron chi connectivity index (χ3n) is 15.6. The van der Waals surface area contributed by atoms with Crippen molar-refractivity contribution in [3.8, 4) is 5.75 Å². The number of fused-ring (bicyclic) bond motifs is 4. The van der Waals surface area contributed by atoms with Crippen molar-refractivity contribution >= 4 is 17.8 Å². The second-order valence-electron chi connectivity index (χ2n) is 18.4. The number of aliphatic hydroxyl groups excluding tert-OH is 1. The lowest BCUT2D eigenvalue weighted by Crippen LogP contribution is -2.60. The van der Waals surface area contributed by atoms with Gasteiger partial charge in [-0.15, -0.1) is 0 Å². The molecule has 1 aliphatic heterocycles. The fourth-order valence-corrected chi connectivity index (χ4v) is 13.4. The van der Waals surface area contributed by atoms with Crippen molar-refractivity contribution in [2.24, 2.45) is 50.7 Å². The molecule has 6 aliphatic rings. The number of esters is 1. The lowest BCUT2D eigenvalue weighted by atomic mass is 9.41. The lowest BCUT2D eigenvalue weighted by molar-refractivity contribution is -0.384. The van der Waals surface area contributed by atoms with Gasteiger partial charge in [0, 0.05) is 29.9 Å². The van der Waals surface area contributed by atoms with Gasteiger partial charge in [0.15, 0.2) is 6.10 Å². The maximum absolute atomic E-state index is 13.0. The van der Waals surface area contributed by atoms with Crippen molar-refractivity contribution in [2.75, 3.05) is 0 Å². The number of ether oxygens (including phenoxy) is 4. The molecule has 0 amide bonds. The second-order valence-corrected chi connectivity index (χ2v) is 18.4. The van der Waals surface area contributed by atoms with Gasteiger partial charge < -0.3 is 29.2 Å². The Morgan fingerprint density at radius 2 is 1.66 bits per heavy atom. The smallest absolute Gasteiger partial charge is 0.457 e. The van der Waals surface area contributed by atoms with Crippen molar-refractivity contribution in [3.05, 3.63) is 34.4 Å². The van der Waals surface area contributed by atoms with Gasteiger partial charge in [0.25, 0.3) is 5.69 Å². The molecule has 11 nitrogen and oxygen atoms in total. The number of rotatable bonds is 6. The number of benzene rings is 1. The molecule has 1 aromatic carbocycles. The molecule has 0 aromatic heterocycles. The summed E-state index contributed by atoms with van der Waals surface area (Å²) >= 11 is 0. The normalized spacial score (nSPS) is 44.6. The van der Waals surface area contributed by atoms with Crippen molar-refractivity contribution in [1.29, 1.82) is 0 Å². The number of aliphatic hydroxyl groups is 2.